The molecular formula is C16H13NO3S. The summed E-state index contributed by atoms with van der Waals surface area (Å²) >= 11 is 1.42. The van der Waals surface area contributed by atoms with E-state index in [-0.39, 0.29) is 11.4 Å². The largest absolute Gasteiger partial charge is 0.497 e. The molecule has 106 valence electrons. The Bertz CT molecular complexity index is 689. The van der Waals surface area contributed by atoms with Gasteiger partial charge in [-0.1, -0.05) is 0 Å². The second-order valence-electron chi connectivity index (χ2n) is 4.16. The van der Waals surface area contributed by atoms with Crippen LogP contribution in [0.2, 0.25) is 0 Å². The first kappa shape index (κ1) is 14.8. The Morgan fingerprint density at radius 2 is 1.90 bits per heavy atom. The number of allylic oxidation sites excluding steroid dienone is 1. The van der Waals surface area contributed by atoms with Crippen LogP contribution in [0.15, 0.2) is 40.6 Å². The number of methoxy groups -OCH3 is 2. The summed E-state index contributed by atoms with van der Waals surface area (Å²) in [6.45, 7) is 0. The number of hydrogen-bond acceptors (Lipinski definition) is 5. The molecule has 2 aromatic rings. The van der Waals surface area contributed by atoms with Gasteiger partial charge in [0.2, 0.25) is 5.78 Å². The van der Waals surface area contributed by atoms with Gasteiger partial charge in [0.25, 0.3) is 0 Å². The summed E-state index contributed by atoms with van der Waals surface area (Å²) in [6, 6.07) is 8.85. The highest BCUT2D eigenvalue weighted by Crippen LogP contribution is 2.24. The minimum absolute atomic E-state index is 0.0729. The molecule has 21 heavy (non-hydrogen) atoms. The molecule has 0 radical (unpaired) electrons. The Kier molecular flexibility index (Phi) is 4.75. The Balaban J connectivity index is 2.40. The number of nitrogens with zero attached hydrogens (tertiary/aromatic N) is 1. The summed E-state index contributed by atoms with van der Waals surface area (Å²) in [4.78, 5) is 12.2. The van der Waals surface area contributed by atoms with Crippen LogP contribution in [0.25, 0.3) is 6.08 Å². The lowest BCUT2D eigenvalue weighted by Gasteiger charge is -2.06. The van der Waals surface area contributed by atoms with E-state index in [1.807, 2.05) is 6.07 Å². The number of carbonyl (C=O) groups excluding carboxylic acids is 1. The lowest BCUT2D eigenvalue weighted by Crippen LogP contribution is -2.00. The maximum atomic E-state index is 12.2. The first-order valence-corrected chi connectivity index (χ1v) is 7.04. The molecule has 0 aliphatic carbocycles. The SMILES string of the molecule is COc1cc(/C=C(/C#N)C(=O)c2ccsc2)cc(OC)c1. The molecule has 5 heteroatoms. The van der Waals surface area contributed by atoms with Gasteiger partial charge in [-0.15, -0.1) is 0 Å². The normalized spacial score (nSPS) is 10.8. The third kappa shape index (κ3) is 3.50. The second kappa shape index (κ2) is 6.73. The van der Waals surface area contributed by atoms with Crippen LogP contribution in [-0.4, -0.2) is 20.0 Å². The van der Waals surface area contributed by atoms with Gasteiger partial charge in [0, 0.05) is 17.0 Å². The molecule has 0 saturated carbocycles. The highest BCUT2D eigenvalue weighted by atomic mass is 32.1. The average molecular weight is 299 g/mol. The Morgan fingerprint density at radius 3 is 2.38 bits per heavy atom. The fourth-order valence-corrected chi connectivity index (χ4v) is 2.41. The highest BCUT2D eigenvalue weighted by Gasteiger charge is 2.13. The molecule has 0 unspecified atom stereocenters. The summed E-state index contributed by atoms with van der Waals surface area (Å²) in [5.74, 6) is 0.905. The molecular weight excluding hydrogens is 286 g/mol. The summed E-state index contributed by atoms with van der Waals surface area (Å²) in [6.07, 6.45) is 1.53. The summed E-state index contributed by atoms with van der Waals surface area (Å²) < 4.78 is 10.3. The van der Waals surface area contributed by atoms with Crippen molar-refractivity contribution in [1.29, 1.82) is 5.26 Å². The number of ketones is 1. The molecule has 0 aliphatic heterocycles. The average Bonchev–Trinajstić information content (AvgIpc) is 3.05. The predicted octanol–water partition coefficient (Wildman–Crippen LogP) is 3.56. The summed E-state index contributed by atoms with van der Waals surface area (Å²) in [7, 11) is 3.09. The number of nitriles is 1. The molecule has 4 nitrogen and oxygen atoms in total. The first-order chi connectivity index (χ1) is 10.2. The topological polar surface area (TPSA) is 59.3 Å². The Hall–Kier alpha value is -2.58. The van der Waals surface area contributed by atoms with Gasteiger partial charge in [0.1, 0.15) is 23.1 Å². The third-order valence-electron chi connectivity index (χ3n) is 2.83. The third-order valence-corrected chi connectivity index (χ3v) is 3.52. The van der Waals surface area contributed by atoms with Crippen molar-refractivity contribution >= 4 is 23.2 Å². The van der Waals surface area contributed by atoms with Crippen molar-refractivity contribution in [2.75, 3.05) is 14.2 Å². The van der Waals surface area contributed by atoms with Crippen LogP contribution in [-0.2, 0) is 0 Å². The summed E-state index contributed by atoms with van der Waals surface area (Å²) in [5.41, 5.74) is 1.26. The highest BCUT2D eigenvalue weighted by molar-refractivity contribution is 7.08. The van der Waals surface area contributed by atoms with E-state index in [9.17, 15) is 10.1 Å². The van der Waals surface area contributed by atoms with E-state index in [0.29, 0.717) is 22.6 Å². The van der Waals surface area contributed by atoms with Gasteiger partial charge in [-0.05, 0) is 35.2 Å². The zero-order valence-electron chi connectivity index (χ0n) is 11.6. The van der Waals surface area contributed by atoms with Crippen LogP contribution in [0.4, 0.5) is 0 Å². The number of ether oxygens (including phenoxy) is 2. The molecule has 0 atom stereocenters. The van der Waals surface area contributed by atoms with E-state index in [0.717, 1.165) is 0 Å². The Morgan fingerprint density at radius 1 is 1.24 bits per heavy atom. The molecule has 0 aliphatic rings. The second-order valence-corrected chi connectivity index (χ2v) is 4.94. The van der Waals surface area contributed by atoms with Crippen LogP contribution in [0.5, 0.6) is 11.5 Å². The van der Waals surface area contributed by atoms with Gasteiger partial charge in [-0.25, -0.2) is 0 Å². The first-order valence-electron chi connectivity index (χ1n) is 6.09. The molecule has 0 spiro atoms. The molecule has 0 saturated heterocycles. The van der Waals surface area contributed by atoms with E-state index >= 15 is 0 Å². The van der Waals surface area contributed by atoms with E-state index in [2.05, 4.69) is 0 Å². The van der Waals surface area contributed by atoms with E-state index in [4.69, 9.17) is 9.47 Å². The van der Waals surface area contributed by atoms with Gasteiger partial charge in [0.15, 0.2) is 0 Å². The van der Waals surface area contributed by atoms with Crippen molar-refractivity contribution in [3.63, 3.8) is 0 Å². The van der Waals surface area contributed by atoms with Gasteiger partial charge in [0.05, 0.1) is 14.2 Å². The minimum Gasteiger partial charge on any atom is -0.497 e. The quantitative estimate of drug-likeness (QED) is 0.481. The number of rotatable bonds is 5. The van der Waals surface area contributed by atoms with Crippen molar-refractivity contribution in [1.82, 2.24) is 0 Å². The van der Waals surface area contributed by atoms with Gasteiger partial charge in [-0.3, -0.25) is 4.79 Å². The van der Waals surface area contributed by atoms with Gasteiger partial charge in [-0.2, -0.15) is 16.6 Å². The molecule has 0 amide bonds. The molecule has 1 aromatic heterocycles. The smallest absolute Gasteiger partial charge is 0.204 e. The van der Waals surface area contributed by atoms with Crippen molar-refractivity contribution in [3.8, 4) is 17.6 Å². The van der Waals surface area contributed by atoms with Crippen LogP contribution < -0.4 is 9.47 Å². The van der Waals surface area contributed by atoms with E-state index in [1.165, 1.54) is 17.4 Å². The lowest BCUT2D eigenvalue weighted by molar-refractivity contribution is 0.104. The Labute approximate surface area is 126 Å². The minimum atomic E-state index is -0.291. The maximum Gasteiger partial charge on any atom is 0.204 e. The standard InChI is InChI=1S/C16H13NO3S/c1-19-14-6-11(7-15(8-14)20-2)5-13(9-17)16(18)12-3-4-21-10-12/h3-8,10H,1-2H3/b13-5-. The van der Waals surface area contributed by atoms with Crippen LogP contribution in [0, 0.1) is 11.3 Å². The monoisotopic (exact) mass is 299 g/mol. The number of thiophene rings is 1. The van der Waals surface area contributed by atoms with E-state index < -0.39 is 0 Å². The maximum absolute atomic E-state index is 12.2. The predicted molar refractivity (Wildman–Crippen MR) is 81.8 cm³/mol. The zero-order chi connectivity index (χ0) is 15.2. The molecule has 2 rings (SSSR count). The molecule has 1 heterocycles. The molecule has 0 fully saturated rings. The number of Topliss-reactive ketones (excluding diaryl/α,β-unsaturated/α-hetero) is 1. The van der Waals surface area contributed by atoms with Crippen LogP contribution in [0.1, 0.15) is 15.9 Å². The number of hydrogen-bond donors (Lipinski definition) is 0. The zero-order valence-corrected chi connectivity index (χ0v) is 12.4. The van der Waals surface area contributed by atoms with Crippen LogP contribution >= 0.6 is 11.3 Å². The van der Waals surface area contributed by atoms with Crippen molar-refractivity contribution in [2.45, 2.75) is 0 Å². The van der Waals surface area contributed by atoms with Gasteiger partial charge >= 0.3 is 0 Å². The van der Waals surface area contributed by atoms with Crippen molar-refractivity contribution in [2.24, 2.45) is 0 Å². The lowest BCUT2D eigenvalue weighted by atomic mass is 10.0. The van der Waals surface area contributed by atoms with Gasteiger partial charge < -0.3 is 9.47 Å². The fourth-order valence-electron chi connectivity index (χ4n) is 1.78. The number of benzene rings is 1. The molecule has 1 aromatic carbocycles. The van der Waals surface area contributed by atoms with E-state index in [1.54, 1.807) is 49.2 Å². The number of carbonyl (C=O) groups is 1. The fraction of sp³-hybridized carbons (Fsp3) is 0.125. The van der Waals surface area contributed by atoms with Crippen LogP contribution in [0.3, 0.4) is 0 Å². The molecule has 0 bridgehead atoms. The van der Waals surface area contributed by atoms with Crippen molar-refractivity contribution in [3.05, 3.63) is 51.7 Å². The van der Waals surface area contributed by atoms with Crippen molar-refractivity contribution < 1.29 is 14.3 Å². The molecule has 0 N–H and O–H groups in total. The summed E-state index contributed by atoms with van der Waals surface area (Å²) in [5, 5.41) is 12.7.